The molecule has 2 atom stereocenters. The summed E-state index contributed by atoms with van der Waals surface area (Å²) in [5.74, 6) is 1.82. The molecule has 4 heteroatoms. The van der Waals surface area contributed by atoms with Crippen molar-refractivity contribution in [2.75, 3.05) is 25.1 Å². The lowest BCUT2D eigenvalue weighted by Crippen LogP contribution is -2.23. The summed E-state index contributed by atoms with van der Waals surface area (Å²) in [6.07, 6.45) is 2.56. The van der Waals surface area contributed by atoms with Crippen LogP contribution in [0.25, 0.3) is 0 Å². The molecule has 1 heterocycles. The van der Waals surface area contributed by atoms with Gasteiger partial charge in [0, 0.05) is 12.3 Å². The molecule has 1 N–H and O–H groups in total. The zero-order valence-corrected chi connectivity index (χ0v) is 15.0. The number of hydrogen-bond acceptors (Lipinski definition) is 4. The Kier molecular flexibility index (Phi) is 6.18. The summed E-state index contributed by atoms with van der Waals surface area (Å²) in [7, 11) is 0. The Morgan fingerprint density at radius 2 is 1.96 bits per heavy atom. The molecule has 134 valence electrons. The van der Waals surface area contributed by atoms with Crippen LogP contribution in [0.15, 0.2) is 48.5 Å². The van der Waals surface area contributed by atoms with Crippen molar-refractivity contribution in [3.05, 3.63) is 54.1 Å². The Balaban J connectivity index is 1.42. The minimum Gasteiger partial charge on any atom is -0.491 e. The van der Waals surface area contributed by atoms with E-state index in [0.29, 0.717) is 6.61 Å². The summed E-state index contributed by atoms with van der Waals surface area (Å²) in [5.41, 5.74) is 2.21. The van der Waals surface area contributed by atoms with E-state index in [9.17, 15) is 0 Å². The first kappa shape index (κ1) is 17.6. The molecule has 0 aromatic heterocycles. The number of rotatable bonds is 8. The van der Waals surface area contributed by atoms with Gasteiger partial charge in [0.2, 0.25) is 0 Å². The van der Waals surface area contributed by atoms with E-state index in [4.69, 9.17) is 14.2 Å². The molecule has 25 heavy (non-hydrogen) atoms. The Bertz CT molecular complexity index is 650. The van der Waals surface area contributed by atoms with Crippen molar-refractivity contribution in [2.24, 2.45) is 0 Å². The third-order valence-corrected chi connectivity index (χ3v) is 4.33. The molecule has 1 aliphatic heterocycles. The molecule has 1 fully saturated rings. The highest BCUT2D eigenvalue weighted by molar-refractivity contribution is 5.46. The number of aryl methyl sites for hydroxylation is 1. The van der Waals surface area contributed by atoms with Gasteiger partial charge in [-0.15, -0.1) is 0 Å². The zero-order chi connectivity index (χ0) is 17.5. The van der Waals surface area contributed by atoms with Crippen molar-refractivity contribution in [3.63, 3.8) is 0 Å². The highest BCUT2D eigenvalue weighted by Crippen LogP contribution is 2.20. The molecule has 2 unspecified atom stereocenters. The van der Waals surface area contributed by atoms with Crippen molar-refractivity contribution >= 4 is 5.69 Å². The summed E-state index contributed by atoms with van der Waals surface area (Å²) >= 11 is 0. The Morgan fingerprint density at radius 3 is 2.68 bits per heavy atom. The Hall–Kier alpha value is -2.20. The second kappa shape index (κ2) is 8.77. The van der Waals surface area contributed by atoms with Gasteiger partial charge in [-0.2, -0.15) is 0 Å². The quantitative estimate of drug-likeness (QED) is 0.771. The summed E-state index contributed by atoms with van der Waals surface area (Å²) in [5, 5.41) is 3.40. The van der Waals surface area contributed by atoms with Crippen molar-refractivity contribution in [2.45, 2.75) is 38.9 Å². The van der Waals surface area contributed by atoms with Gasteiger partial charge in [-0.3, -0.25) is 0 Å². The first-order chi connectivity index (χ1) is 12.2. The minimum absolute atomic E-state index is 0.0801. The van der Waals surface area contributed by atoms with Gasteiger partial charge in [0.15, 0.2) is 0 Å². The van der Waals surface area contributed by atoms with Crippen LogP contribution in [0.4, 0.5) is 5.69 Å². The van der Waals surface area contributed by atoms with Gasteiger partial charge in [-0.25, -0.2) is 0 Å². The fourth-order valence-corrected chi connectivity index (χ4v) is 2.84. The molecule has 1 aliphatic rings. The summed E-state index contributed by atoms with van der Waals surface area (Å²) in [6.45, 7) is 6.36. The standard InChI is InChI=1S/C21H27NO3/c1-16-6-3-4-8-21(16)25-17(2)14-22-18-9-11-19(12-10-18)24-15-20-7-5-13-23-20/h3-4,6,8-12,17,20,22H,5,7,13-15H2,1-2H3. The second-order valence-corrected chi connectivity index (χ2v) is 6.55. The first-order valence-corrected chi connectivity index (χ1v) is 9.01. The van der Waals surface area contributed by atoms with Crippen LogP contribution in [0.3, 0.4) is 0 Å². The third-order valence-electron chi connectivity index (χ3n) is 4.33. The number of nitrogens with one attached hydrogen (secondary N) is 1. The Morgan fingerprint density at radius 1 is 1.16 bits per heavy atom. The smallest absolute Gasteiger partial charge is 0.122 e. The average Bonchev–Trinajstić information content (AvgIpc) is 3.15. The maximum Gasteiger partial charge on any atom is 0.122 e. The van der Waals surface area contributed by atoms with E-state index in [2.05, 4.69) is 25.2 Å². The molecular formula is C21H27NO3. The topological polar surface area (TPSA) is 39.7 Å². The van der Waals surface area contributed by atoms with Crippen molar-refractivity contribution in [1.82, 2.24) is 0 Å². The monoisotopic (exact) mass is 341 g/mol. The first-order valence-electron chi connectivity index (χ1n) is 9.01. The van der Waals surface area contributed by atoms with Crippen molar-refractivity contribution in [3.8, 4) is 11.5 Å². The fraction of sp³-hybridized carbons (Fsp3) is 0.429. The third kappa shape index (κ3) is 5.40. The highest BCUT2D eigenvalue weighted by atomic mass is 16.5. The minimum atomic E-state index is 0.0801. The number of hydrogen-bond donors (Lipinski definition) is 1. The van der Waals surface area contributed by atoms with Crippen LogP contribution in [0.2, 0.25) is 0 Å². The zero-order valence-electron chi connectivity index (χ0n) is 15.0. The largest absolute Gasteiger partial charge is 0.491 e. The summed E-state index contributed by atoms with van der Waals surface area (Å²) in [4.78, 5) is 0. The molecule has 0 aliphatic carbocycles. The van der Waals surface area contributed by atoms with Gasteiger partial charge in [-0.05, 0) is 62.6 Å². The predicted octanol–water partition coefficient (Wildman–Crippen LogP) is 4.43. The van der Waals surface area contributed by atoms with E-state index >= 15 is 0 Å². The van der Waals surface area contributed by atoms with Gasteiger partial charge < -0.3 is 19.5 Å². The van der Waals surface area contributed by atoms with Crippen LogP contribution in [0.5, 0.6) is 11.5 Å². The lowest BCUT2D eigenvalue weighted by Gasteiger charge is -2.18. The van der Waals surface area contributed by atoms with Crippen molar-refractivity contribution < 1.29 is 14.2 Å². The molecule has 2 aromatic rings. The van der Waals surface area contributed by atoms with Gasteiger partial charge >= 0.3 is 0 Å². The molecule has 0 spiro atoms. The number of ether oxygens (including phenoxy) is 3. The summed E-state index contributed by atoms with van der Waals surface area (Å²) < 4.78 is 17.3. The van der Waals surface area contributed by atoms with E-state index in [1.165, 1.54) is 0 Å². The molecule has 0 amide bonds. The summed E-state index contributed by atoms with van der Waals surface area (Å²) in [6, 6.07) is 16.1. The van der Waals surface area contributed by atoms with E-state index in [-0.39, 0.29) is 12.2 Å². The lowest BCUT2D eigenvalue weighted by molar-refractivity contribution is 0.0679. The molecule has 1 saturated heterocycles. The maximum atomic E-state index is 5.99. The second-order valence-electron chi connectivity index (χ2n) is 6.55. The molecule has 0 radical (unpaired) electrons. The molecule has 3 rings (SSSR count). The van der Waals surface area contributed by atoms with Gasteiger partial charge in [-0.1, -0.05) is 18.2 Å². The van der Waals surface area contributed by atoms with E-state index in [1.54, 1.807) is 0 Å². The molecular weight excluding hydrogens is 314 g/mol. The van der Waals surface area contributed by atoms with Crippen LogP contribution < -0.4 is 14.8 Å². The molecule has 0 saturated carbocycles. The number of anilines is 1. The van der Waals surface area contributed by atoms with E-state index in [0.717, 1.165) is 48.7 Å². The molecule has 2 aromatic carbocycles. The van der Waals surface area contributed by atoms with Crippen molar-refractivity contribution in [1.29, 1.82) is 0 Å². The fourth-order valence-electron chi connectivity index (χ4n) is 2.84. The molecule has 0 bridgehead atoms. The normalized spacial score (nSPS) is 17.9. The van der Waals surface area contributed by atoms with E-state index in [1.807, 2.05) is 42.5 Å². The van der Waals surface area contributed by atoms with Gasteiger partial charge in [0.05, 0.1) is 12.6 Å². The van der Waals surface area contributed by atoms with Gasteiger partial charge in [0.1, 0.15) is 24.2 Å². The van der Waals surface area contributed by atoms with Crippen LogP contribution in [-0.4, -0.2) is 32.0 Å². The van der Waals surface area contributed by atoms with Crippen LogP contribution in [-0.2, 0) is 4.74 Å². The SMILES string of the molecule is Cc1ccccc1OC(C)CNc1ccc(OCC2CCCO2)cc1. The van der Waals surface area contributed by atoms with E-state index < -0.39 is 0 Å². The molecule has 4 nitrogen and oxygen atoms in total. The maximum absolute atomic E-state index is 5.99. The average molecular weight is 341 g/mol. The van der Waals surface area contributed by atoms with Gasteiger partial charge in [0.25, 0.3) is 0 Å². The van der Waals surface area contributed by atoms with Crippen LogP contribution in [0.1, 0.15) is 25.3 Å². The van der Waals surface area contributed by atoms with Crippen LogP contribution in [0, 0.1) is 6.92 Å². The number of para-hydroxylation sites is 1. The Labute approximate surface area is 150 Å². The van der Waals surface area contributed by atoms with Crippen LogP contribution >= 0.6 is 0 Å². The predicted molar refractivity (Wildman–Crippen MR) is 101 cm³/mol. The highest BCUT2D eigenvalue weighted by Gasteiger charge is 2.15. The lowest BCUT2D eigenvalue weighted by atomic mass is 10.2. The number of benzene rings is 2.